The highest BCUT2D eigenvalue weighted by Gasteiger charge is 2.22. The second kappa shape index (κ2) is 8.81. The number of aromatic nitrogens is 4. The largest absolute Gasteiger partial charge is 0.496 e. The number of likely N-dealkylation sites (tertiary alicyclic amines) is 1. The molecule has 1 fully saturated rings. The summed E-state index contributed by atoms with van der Waals surface area (Å²) in [6.07, 6.45) is 2.34. The Labute approximate surface area is 168 Å². The summed E-state index contributed by atoms with van der Waals surface area (Å²) < 4.78 is 5.30. The molecule has 8 heteroatoms. The molecule has 1 aromatic carbocycles. The molecule has 2 aromatic heterocycles. The van der Waals surface area contributed by atoms with Gasteiger partial charge >= 0.3 is 0 Å². The van der Waals surface area contributed by atoms with Crippen LogP contribution in [0.2, 0.25) is 0 Å². The van der Waals surface area contributed by atoms with Crippen LogP contribution in [0.5, 0.6) is 5.75 Å². The maximum atomic E-state index is 9.54. The van der Waals surface area contributed by atoms with Crippen molar-refractivity contribution < 1.29 is 9.84 Å². The number of aliphatic hydroxyl groups is 1. The summed E-state index contributed by atoms with van der Waals surface area (Å²) >= 11 is 1.63. The van der Waals surface area contributed by atoms with Crippen LogP contribution in [0.3, 0.4) is 0 Å². The second-order valence-electron chi connectivity index (χ2n) is 7.19. The number of rotatable bonds is 7. The van der Waals surface area contributed by atoms with E-state index in [0.29, 0.717) is 11.7 Å². The first kappa shape index (κ1) is 19.0. The highest BCUT2D eigenvalue weighted by molar-refractivity contribution is 7.13. The van der Waals surface area contributed by atoms with Crippen LogP contribution in [0.1, 0.15) is 24.0 Å². The first-order chi connectivity index (χ1) is 13.7. The number of methoxy groups -OCH3 is 1. The van der Waals surface area contributed by atoms with Gasteiger partial charge in [0.2, 0.25) is 5.82 Å². The highest BCUT2D eigenvalue weighted by Crippen LogP contribution is 2.24. The molecule has 1 aliphatic rings. The molecule has 28 heavy (non-hydrogen) atoms. The Bertz CT molecular complexity index is 896. The quantitative estimate of drug-likeness (QED) is 0.658. The molecule has 7 nitrogen and oxygen atoms in total. The van der Waals surface area contributed by atoms with Gasteiger partial charge < -0.3 is 9.84 Å². The smallest absolute Gasteiger partial charge is 0.214 e. The average molecular weight is 400 g/mol. The highest BCUT2D eigenvalue weighted by atomic mass is 32.1. The molecule has 0 amide bonds. The van der Waals surface area contributed by atoms with Crippen LogP contribution in [0.25, 0.3) is 10.7 Å². The number of thiophene rings is 1. The van der Waals surface area contributed by atoms with Crippen LogP contribution in [0.15, 0.2) is 35.7 Å². The Morgan fingerprint density at radius 1 is 1.32 bits per heavy atom. The molecule has 1 atom stereocenters. The van der Waals surface area contributed by atoms with Crippen molar-refractivity contribution in [2.45, 2.75) is 32.5 Å². The number of hydrogen-bond acceptors (Lipinski definition) is 7. The standard InChI is InChI=1S/C20H25N5O2S/c1-27-18-7-6-15(10-17(18)14-26)11-24-8-2-4-16(12-24)13-25-22-20(21-23-25)19-5-3-9-28-19/h3,5-7,9-10,16,26H,2,4,8,11-14H2,1H3/t16-/m0/s1. The van der Waals surface area contributed by atoms with Crippen molar-refractivity contribution in [2.75, 3.05) is 20.2 Å². The molecule has 3 aromatic rings. The number of hydrogen-bond donors (Lipinski definition) is 1. The predicted molar refractivity (Wildman–Crippen MR) is 108 cm³/mol. The molecule has 0 spiro atoms. The molecule has 1 aliphatic heterocycles. The Morgan fingerprint density at radius 2 is 2.25 bits per heavy atom. The van der Waals surface area contributed by atoms with Crippen LogP contribution >= 0.6 is 11.3 Å². The third kappa shape index (κ3) is 4.40. The fourth-order valence-corrected chi connectivity index (χ4v) is 4.46. The lowest BCUT2D eigenvalue weighted by atomic mass is 9.97. The monoisotopic (exact) mass is 399 g/mol. The third-order valence-corrected chi connectivity index (χ3v) is 6.01. The average Bonchev–Trinajstić information content (AvgIpc) is 3.40. The molecule has 0 bridgehead atoms. The lowest BCUT2D eigenvalue weighted by molar-refractivity contribution is 0.149. The van der Waals surface area contributed by atoms with E-state index in [1.54, 1.807) is 23.2 Å². The fraction of sp³-hybridized carbons (Fsp3) is 0.450. The van der Waals surface area contributed by atoms with Crippen molar-refractivity contribution in [1.82, 2.24) is 25.1 Å². The summed E-state index contributed by atoms with van der Waals surface area (Å²) in [5, 5.41) is 24.5. The van der Waals surface area contributed by atoms with Gasteiger partial charge in [-0.05, 0) is 59.7 Å². The van der Waals surface area contributed by atoms with Crippen molar-refractivity contribution in [1.29, 1.82) is 0 Å². The van der Waals surface area contributed by atoms with Crippen molar-refractivity contribution >= 4 is 11.3 Å². The van der Waals surface area contributed by atoms with Crippen LogP contribution in [-0.2, 0) is 19.7 Å². The summed E-state index contributed by atoms with van der Waals surface area (Å²) in [4.78, 5) is 5.25. The number of benzene rings is 1. The molecule has 0 saturated carbocycles. The molecule has 0 unspecified atom stereocenters. The Balaban J connectivity index is 1.37. The van der Waals surface area contributed by atoms with E-state index in [0.717, 1.165) is 42.4 Å². The number of tetrazole rings is 1. The van der Waals surface area contributed by atoms with Crippen LogP contribution in [0, 0.1) is 5.92 Å². The summed E-state index contributed by atoms with van der Waals surface area (Å²) in [5.41, 5.74) is 2.03. The van der Waals surface area contributed by atoms with Crippen LogP contribution in [-0.4, -0.2) is 50.4 Å². The summed E-state index contributed by atoms with van der Waals surface area (Å²) in [5.74, 6) is 1.95. The first-order valence-electron chi connectivity index (χ1n) is 9.56. The normalized spacial score (nSPS) is 17.7. The van der Waals surface area contributed by atoms with Gasteiger partial charge in [-0.25, -0.2) is 0 Å². The molecular weight excluding hydrogens is 374 g/mol. The minimum atomic E-state index is -0.00974. The van der Waals surface area contributed by atoms with Gasteiger partial charge in [-0.3, -0.25) is 4.90 Å². The fourth-order valence-electron chi connectivity index (χ4n) is 3.81. The summed E-state index contributed by atoms with van der Waals surface area (Å²) in [7, 11) is 1.63. The number of ether oxygens (including phenoxy) is 1. The molecule has 0 radical (unpaired) electrons. The summed E-state index contributed by atoms with van der Waals surface area (Å²) in [6, 6.07) is 10.1. The second-order valence-corrected chi connectivity index (χ2v) is 8.14. The van der Waals surface area contributed by atoms with Gasteiger partial charge in [0.05, 0.1) is 25.1 Å². The molecule has 1 saturated heterocycles. The van der Waals surface area contributed by atoms with E-state index < -0.39 is 0 Å². The minimum absolute atomic E-state index is 0.00974. The SMILES string of the molecule is COc1ccc(CN2CCC[C@H](Cn3nnc(-c4cccs4)n3)C2)cc1CO. The number of aliphatic hydroxyl groups excluding tert-OH is 1. The van der Waals surface area contributed by atoms with Gasteiger partial charge in [-0.1, -0.05) is 12.1 Å². The lowest BCUT2D eigenvalue weighted by Gasteiger charge is -2.32. The van der Waals surface area contributed by atoms with E-state index in [4.69, 9.17) is 4.74 Å². The maximum Gasteiger partial charge on any atom is 0.214 e. The zero-order valence-corrected chi connectivity index (χ0v) is 16.8. The van der Waals surface area contributed by atoms with E-state index >= 15 is 0 Å². The van der Waals surface area contributed by atoms with Crippen molar-refractivity contribution in [3.8, 4) is 16.5 Å². The Kier molecular flexibility index (Phi) is 5.99. The lowest BCUT2D eigenvalue weighted by Crippen LogP contribution is -2.36. The van der Waals surface area contributed by atoms with Gasteiger partial charge in [0.25, 0.3) is 0 Å². The Hall–Kier alpha value is -2.29. The zero-order chi connectivity index (χ0) is 19.3. The maximum absolute atomic E-state index is 9.54. The van der Waals surface area contributed by atoms with E-state index in [9.17, 15) is 5.11 Å². The Morgan fingerprint density at radius 3 is 3.04 bits per heavy atom. The van der Waals surface area contributed by atoms with Crippen molar-refractivity contribution in [2.24, 2.45) is 5.92 Å². The van der Waals surface area contributed by atoms with Gasteiger partial charge in [0, 0.05) is 18.7 Å². The van der Waals surface area contributed by atoms with E-state index in [1.807, 2.05) is 29.6 Å². The van der Waals surface area contributed by atoms with Crippen LogP contribution in [0.4, 0.5) is 0 Å². The van der Waals surface area contributed by atoms with E-state index in [-0.39, 0.29) is 6.61 Å². The first-order valence-corrected chi connectivity index (χ1v) is 10.4. The van der Waals surface area contributed by atoms with Gasteiger partial charge in [-0.2, -0.15) is 4.80 Å². The minimum Gasteiger partial charge on any atom is -0.496 e. The molecule has 3 heterocycles. The van der Waals surface area contributed by atoms with E-state index in [2.05, 4.69) is 26.4 Å². The van der Waals surface area contributed by atoms with Crippen molar-refractivity contribution in [3.63, 3.8) is 0 Å². The van der Waals surface area contributed by atoms with Gasteiger partial charge in [0.15, 0.2) is 0 Å². The predicted octanol–water partition coefficient (Wildman–Crippen LogP) is 2.81. The topological polar surface area (TPSA) is 76.3 Å². The van der Waals surface area contributed by atoms with Crippen molar-refractivity contribution in [3.05, 3.63) is 46.8 Å². The van der Waals surface area contributed by atoms with Gasteiger partial charge in [-0.15, -0.1) is 21.5 Å². The third-order valence-electron chi connectivity index (χ3n) is 5.14. The van der Waals surface area contributed by atoms with E-state index in [1.165, 1.54) is 18.4 Å². The zero-order valence-electron chi connectivity index (χ0n) is 16.0. The molecule has 4 rings (SSSR count). The molecule has 1 N–H and O–H groups in total. The number of nitrogens with zero attached hydrogens (tertiary/aromatic N) is 5. The summed E-state index contributed by atoms with van der Waals surface area (Å²) in [6.45, 7) is 3.75. The molecular formula is C20H25N5O2S. The van der Waals surface area contributed by atoms with Crippen LogP contribution < -0.4 is 4.74 Å². The number of piperidine rings is 1. The molecule has 0 aliphatic carbocycles. The molecule has 148 valence electrons. The van der Waals surface area contributed by atoms with Gasteiger partial charge in [0.1, 0.15) is 5.75 Å².